The smallest absolute Gasteiger partial charge is 0.319 e. The number of phenols is 1. The van der Waals surface area contributed by atoms with Crippen LogP contribution in [0.1, 0.15) is 5.56 Å². The maximum absolute atomic E-state index is 11.7. The first kappa shape index (κ1) is 17.8. The molecule has 0 aliphatic rings. The SMILES string of the molecule is COc1ccc(NC(=O)NCC(=O)N/N=C/c2ccccc2O)cc1. The van der Waals surface area contributed by atoms with Gasteiger partial charge in [0.1, 0.15) is 18.0 Å². The third-order valence-corrected chi connectivity index (χ3v) is 3.09. The number of amides is 3. The van der Waals surface area contributed by atoms with Crippen molar-refractivity contribution in [2.75, 3.05) is 19.0 Å². The maximum Gasteiger partial charge on any atom is 0.319 e. The summed E-state index contributed by atoms with van der Waals surface area (Å²) < 4.78 is 5.02. The van der Waals surface area contributed by atoms with Crippen molar-refractivity contribution >= 4 is 23.8 Å². The van der Waals surface area contributed by atoms with E-state index in [4.69, 9.17) is 4.74 Å². The topological polar surface area (TPSA) is 112 Å². The second kappa shape index (κ2) is 8.92. The van der Waals surface area contributed by atoms with Gasteiger partial charge in [-0.2, -0.15) is 5.10 Å². The second-order valence-corrected chi connectivity index (χ2v) is 4.89. The van der Waals surface area contributed by atoms with Crippen molar-refractivity contribution in [2.45, 2.75) is 0 Å². The zero-order valence-corrected chi connectivity index (χ0v) is 13.5. The van der Waals surface area contributed by atoms with Crippen molar-refractivity contribution in [1.29, 1.82) is 0 Å². The van der Waals surface area contributed by atoms with Crippen LogP contribution in [0.5, 0.6) is 11.5 Å². The van der Waals surface area contributed by atoms with E-state index in [1.165, 1.54) is 12.3 Å². The Balaban J connectivity index is 1.73. The van der Waals surface area contributed by atoms with Crippen LogP contribution in [0.15, 0.2) is 53.6 Å². The Morgan fingerprint density at radius 2 is 1.88 bits per heavy atom. The lowest BCUT2D eigenvalue weighted by Gasteiger charge is -2.07. The quantitative estimate of drug-likeness (QED) is 0.472. The minimum absolute atomic E-state index is 0.0532. The molecule has 2 aromatic carbocycles. The van der Waals surface area contributed by atoms with Gasteiger partial charge < -0.3 is 20.5 Å². The van der Waals surface area contributed by atoms with Gasteiger partial charge in [0.25, 0.3) is 5.91 Å². The van der Waals surface area contributed by atoms with Crippen molar-refractivity contribution in [3.05, 3.63) is 54.1 Å². The number of hydrogen-bond donors (Lipinski definition) is 4. The minimum atomic E-state index is -0.523. The number of hydrogen-bond acceptors (Lipinski definition) is 5. The molecule has 8 heteroatoms. The molecule has 0 aliphatic carbocycles. The molecule has 0 fully saturated rings. The molecule has 130 valence electrons. The van der Waals surface area contributed by atoms with E-state index in [9.17, 15) is 14.7 Å². The van der Waals surface area contributed by atoms with Crippen LogP contribution in [0.3, 0.4) is 0 Å². The Morgan fingerprint density at radius 3 is 2.56 bits per heavy atom. The molecule has 8 nitrogen and oxygen atoms in total. The van der Waals surface area contributed by atoms with Gasteiger partial charge in [-0.1, -0.05) is 12.1 Å². The number of carbonyl (C=O) groups excluding carboxylic acids is 2. The van der Waals surface area contributed by atoms with Crippen LogP contribution in [0.2, 0.25) is 0 Å². The molecule has 2 rings (SSSR count). The van der Waals surface area contributed by atoms with Crippen LogP contribution in [0.25, 0.3) is 0 Å². The highest BCUT2D eigenvalue weighted by Crippen LogP contribution is 2.14. The number of hydrazone groups is 1. The molecule has 0 spiro atoms. The number of aromatic hydroxyl groups is 1. The van der Waals surface area contributed by atoms with E-state index in [2.05, 4.69) is 21.2 Å². The molecule has 0 aliphatic heterocycles. The summed E-state index contributed by atoms with van der Waals surface area (Å²) in [5.74, 6) is 0.224. The Bertz CT molecular complexity index is 759. The Labute approximate surface area is 144 Å². The van der Waals surface area contributed by atoms with Crippen LogP contribution in [0, 0.1) is 0 Å². The van der Waals surface area contributed by atoms with Crippen molar-refractivity contribution in [1.82, 2.24) is 10.7 Å². The van der Waals surface area contributed by atoms with Gasteiger partial charge in [-0.15, -0.1) is 0 Å². The van der Waals surface area contributed by atoms with Gasteiger partial charge in [0.2, 0.25) is 0 Å². The molecule has 0 saturated carbocycles. The molecule has 3 amide bonds. The highest BCUT2D eigenvalue weighted by atomic mass is 16.5. The lowest BCUT2D eigenvalue weighted by atomic mass is 10.2. The molecule has 0 heterocycles. The van der Waals surface area contributed by atoms with Crippen molar-refractivity contribution < 1.29 is 19.4 Å². The normalized spacial score (nSPS) is 10.3. The van der Waals surface area contributed by atoms with Gasteiger partial charge in [0, 0.05) is 11.3 Å². The largest absolute Gasteiger partial charge is 0.507 e. The fourth-order valence-electron chi connectivity index (χ4n) is 1.82. The molecule has 2 aromatic rings. The minimum Gasteiger partial charge on any atom is -0.507 e. The first-order valence-electron chi connectivity index (χ1n) is 7.37. The monoisotopic (exact) mass is 342 g/mol. The summed E-state index contributed by atoms with van der Waals surface area (Å²) in [6.07, 6.45) is 1.31. The lowest BCUT2D eigenvalue weighted by Crippen LogP contribution is -2.37. The molecule has 25 heavy (non-hydrogen) atoms. The Kier molecular flexibility index (Phi) is 6.35. The number of nitrogens with zero attached hydrogens (tertiary/aromatic N) is 1. The van der Waals surface area contributed by atoms with E-state index in [0.717, 1.165) is 0 Å². The van der Waals surface area contributed by atoms with Crippen molar-refractivity contribution in [3.63, 3.8) is 0 Å². The molecule has 0 radical (unpaired) electrons. The number of benzene rings is 2. The predicted octanol–water partition coefficient (Wildman–Crippen LogP) is 1.67. The molecule has 0 bridgehead atoms. The van der Waals surface area contributed by atoms with Gasteiger partial charge in [-0.05, 0) is 36.4 Å². The number of nitrogens with one attached hydrogen (secondary N) is 3. The average molecular weight is 342 g/mol. The number of ether oxygens (including phenoxy) is 1. The summed E-state index contributed by atoms with van der Waals surface area (Å²) in [6.45, 7) is -0.250. The number of carbonyl (C=O) groups is 2. The van der Waals surface area contributed by atoms with Crippen LogP contribution < -0.4 is 20.8 Å². The first-order chi connectivity index (χ1) is 12.1. The van der Waals surface area contributed by atoms with E-state index in [0.29, 0.717) is 17.0 Å². The van der Waals surface area contributed by atoms with Crippen LogP contribution in [0.4, 0.5) is 10.5 Å². The summed E-state index contributed by atoms with van der Waals surface area (Å²) >= 11 is 0. The number of anilines is 1. The number of methoxy groups -OCH3 is 1. The number of phenolic OH excluding ortho intramolecular Hbond substituents is 1. The first-order valence-corrected chi connectivity index (χ1v) is 7.37. The van der Waals surface area contributed by atoms with Gasteiger partial charge in [0.15, 0.2) is 0 Å². The Morgan fingerprint density at radius 1 is 1.16 bits per heavy atom. The Hall–Kier alpha value is -3.55. The summed E-state index contributed by atoms with van der Waals surface area (Å²) in [4.78, 5) is 23.3. The van der Waals surface area contributed by atoms with Gasteiger partial charge in [-0.3, -0.25) is 4.79 Å². The van der Waals surface area contributed by atoms with Crippen LogP contribution in [-0.2, 0) is 4.79 Å². The molecular formula is C17H18N4O4. The summed E-state index contributed by atoms with van der Waals surface area (Å²) in [5.41, 5.74) is 3.28. The van der Waals surface area contributed by atoms with E-state index < -0.39 is 11.9 Å². The standard InChI is InChI=1S/C17H18N4O4/c1-25-14-8-6-13(7-9-14)20-17(24)18-11-16(23)21-19-10-12-4-2-3-5-15(12)22/h2-10,22H,11H2,1H3,(H,21,23)(H2,18,20,24)/b19-10+. The third kappa shape index (κ3) is 5.87. The maximum atomic E-state index is 11.7. The molecule has 0 unspecified atom stereocenters. The van der Waals surface area contributed by atoms with Gasteiger partial charge >= 0.3 is 6.03 Å². The molecule has 0 saturated heterocycles. The van der Waals surface area contributed by atoms with E-state index in [1.54, 1.807) is 49.6 Å². The number of urea groups is 1. The zero-order chi connectivity index (χ0) is 18.1. The van der Waals surface area contributed by atoms with Crippen molar-refractivity contribution in [2.24, 2.45) is 5.10 Å². The van der Waals surface area contributed by atoms with Gasteiger partial charge in [0.05, 0.1) is 13.3 Å². The van der Waals surface area contributed by atoms with Crippen LogP contribution >= 0.6 is 0 Å². The molecular weight excluding hydrogens is 324 g/mol. The summed E-state index contributed by atoms with van der Waals surface area (Å²) in [6, 6.07) is 12.8. The van der Waals surface area contributed by atoms with Crippen molar-refractivity contribution in [3.8, 4) is 11.5 Å². The highest BCUT2D eigenvalue weighted by Gasteiger charge is 2.05. The van der Waals surface area contributed by atoms with E-state index >= 15 is 0 Å². The van der Waals surface area contributed by atoms with E-state index in [1.807, 2.05) is 0 Å². The summed E-state index contributed by atoms with van der Waals surface area (Å²) in [7, 11) is 1.55. The van der Waals surface area contributed by atoms with Crippen LogP contribution in [-0.4, -0.2) is 36.9 Å². The molecule has 0 aromatic heterocycles. The van der Waals surface area contributed by atoms with Gasteiger partial charge in [-0.25, -0.2) is 10.2 Å². The second-order valence-electron chi connectivity index (χ2n) is 4.89. The third-order valence-electron chi connectivity index (χ3n) is 3.09. The molecule has 0 atom stereocenters. The summed E-state index contributed by atoms with van der Waals surface area (Å²) in [5, 5.41) is 18.2. The predicted molar refractivity (Wildman–Crippen MR) is 93.9 cm³/mol. The fraction of sp³-hybridized carbons (Fsp3) is 0.118. The van der Waals surface area contributed by atoms with E-state index in [-0.39, 0.29) is 12.3 Å². The number of rotatable bonds is 6. The lowest BCUT2D eigenvalue weighted by molar-refractivity contribution is -0.120. The fourth-order valence-corrected chi connectivity index (χ4v) is 1.82. The number of para-hydroxylation sites is 1. The molecule has 4 N–H and O–H groups in total. The zero-order valence-electron chi connectivity index (χ0n) is 13.5. The average Bonchev–Trinajstić information content (AvgIpc) is 2.62. The highest BCUT2D eigenvalue weighted by molar-refractivity contribution is 5.92.